The molecule has 3 aromatic rings. The van der Waals surface area contributed by atoms with Crippen LogP contribution in [-0.4, -0.2) is 23.9 Å². The van der Waals surface area contributed by atoms with Crippen molar-refractivity contribution in [2.75, 3.05) is 23.7 Å². The zero-order chi connectivity index (χ0) is 17.9. The molecular formula is C20H21N3O2S. The van der Waals surface area contributed by atoms with Crippen LogP contribution in [0.2, 0.25) is 0 Å². The van der Waals surface area contributed by atoms with Crippen LogP contribution in [0.15, 0.2) is 46.6 Å². The summed E-state index contributed by atoms with van der Waals surface area (Å²) in [6.07, 6.45) is 7.23. The number of anilines is 2. The molecule has 1 saturated heterocycles. The second-order valence-electron chi connectivity index (χ2n) is 6.58. The van der Waals surface area contributed by atoms with E-state index in [-0.39, 0.29) is 12.2 Å². The molecule has 2 N–H and O–H groups in total. The highest BCUT2D eigenvalue weighted by atomic mass is 32.1. The van der Waals surface area contributed by atoms with Gasteiger partial charge in [-0.15, -0.1) is 11.3 Å². The van der Waals surface area contributed by atoms with Crippen molar-refractivity contribution in [2.24, 2.45) is 0 Å². The average Bonchev–Trinajstić information content (AvgIpc) is 3.36. The molecule has 1 aliphatic heterocycles. The highest BCUT2D eigenvalue weighted by Gasteiger charge is 2.18. The Morgan fingerprint density at radius 3 is 2.81 bits per heavy atom. The van der Waals surface area contributed by atoms with Crippen LogP contribution in [0.4, 0.5) is 11.5 Å². The van der Waals surface area contributed by atoms with E-state index < -0.39 is 0 Å². The van der Waals surface area contributed by atoms with Crippen LogP contribution >= 0.6 is 11.3 Å². The van der Waals surface area contributed by atoms with Crippen LogP contribution < -0.4 is 10.6 Å². The van der Waals surface area contributed by atoms with Crippen LogP contribution in [0, 0.1) is 0 Å². The summed E-state index contributed by atoms with van der Waals surface area (Å²) in [5.41, 5.74) is 9.50. The second kappa shape index (κ2) is 7.33. The standard InChI is InChI=1S/C20H21N3O2S/c21-17-5-4-14(15-6-9-25-12-15)10-16(17)11-18(24)20-22-19(13-26-20)23-7-2-1-3-8-23/h4-6,9-10,12-13H,1-3,7-8,11,21H2. The number of piperidine rings is 1. The molecule has 0 radical (unpaired) electrons. The zero-order valence-electron chi connectivity index (χ0n) is 14.5. The summed E-state index contributed by atoms with van der Waals surface area (Å²) in [4.78, 5) is 19.6. The Balaban J connectivity index is 1.51. The molecule has 3 heterocycles. The van der Waals surface area contributed by atoms with E-state index in [1.54, 1.807) is 12.5 Å². The van der Waals surface area contributed by atoms with E-state index in [1.807, 2.05) is 29.6 Å². The normalized spacial score (nSPS) is 14.5. The number of nitrogens with zero attached hydrogens (tertiary/aromatic N) is 2. The lowest BCUT2D eigenvalue weighted by Gasteiger charge is -2.26. The predicted molar refractivity (Wildman–Crippen MR) is 105 cm³/mol. The molecule has 4 rings (SSSR count). The van der Waals surface area contributed by atoms with Gasteiger partial charge in [0.05, 0.1) is 12.5 Å². The van der Waals surface area contributed by atoms with Crippen LogP contribution in [-0.2, 0) is 6.42 Å². The zero-order valence-corrected chi connectivity index (χ0v) is 15.3. The number of rotatable bonds is 5. The molecule has 1 fully saturated rings. The number of benzene rings is 1. The fourth-order valence-corrected chi connectivity index (χ4v) is 4.05. The van der Waals surface area contributed by atoms with Gasteiger partial charge in [0.15, 0.2) is 10.8 Å². The molecule has 1 aliphatic rings. The smallest absolute Gasteiger partial charge is 0.195 e. The summed E-state index contributed by atoms with van der Waals surface area (Å²) in [5, 5.41) is 2.54. The van der Waals surface area contributed by atoms with E-state index in [4.69, 9.17) is 10.2 Å². The van der Waals surface area contributed by atoms with Crippen LogP contribution in [0.3, 0.4) is 0 Å². The van der Waals surface area contributed by atoms with E-state index in [1.165, 1.54) is 30.6 Å². The van der Waals surface area contributed by atoms with Gasteiger partial charge in [-0.25, -0.2) is 4.98 Å². The molecule has 1 aromatic carbocycles. The lowest BCUT2D eigenvalue weighted by atomic mass is 10.0. The Bertz CT molecular complexity index is 896. The third-order valence-electron chi connectivity index (χ3n) is 4.76. The molecule has 0 saturated carbocycles. The number of aromatic nitrogens is 1. The second-order valence-corrected chi connectivity index (χ2v) is 7.44. The number of furan rings is 1. The van der Waals surface area contributed by atoms with Gasteiger partial charge in [-0.1, -0.05) is 6.07 Å². The molecular weight excluding hydrogens is 346 g/mol. The number of Topliss-reactive ketones (excluding diaryl/α,β-unsaturated/α-hetero) is 1. The van der Waals surface area contributed by atoms with Gasteiger partial charge in [0, 0.05) is 36.1 Å². The summed E-state index contributed by atoms with van der Waals surface area (Å²) in [5.74, 6) is 0.937. The van der Waals surface area contributed by atoms with Gasteiger partial charge in [0.1, 0.15) is 5.82 Å². The molecule has 0 spiro atoms. The van der Waals surface area contributed by atoms with Crippen molar-refractivity contribution in [3.05, 3.63) is 52.7 Å². The minimum Gasteiger partial charge on any atom is -0.472 e. The molecule has 0 aliphatic carbocycles. The Morgan fingerprint density at radius 1 is 1.19 bits per heavy atom. The van der Waals surface area contributed by atoms with Crippen molar-refractivity contribution >= 4 is 28.6 Å². The molecule has 6 heteroatoms. The minimum atomic E-state index is 0.00861. The molecule has 2 aromatic heterocycles. The number of nitrogen functional groups attached to an aromatic ring is 1. The Morgan fingerprint density at radius 2 is 2.04 bits per heavy atom. The summed E-state index contributed by atoms with van der Waals surface area (Å²) >= 11 is 1.42. The minimum absolute atomic E-state index is 0.00861. The largest absolute Gasteiger partial charge is 0.472 e. The lowest BCUT2D eigenvalue weighted by molar-refractivity contribution is 0.0993. The lowest BCUT2D eigenvalue weighted by Crippen LogP contribution is -2.29. The Kier molecular flexibility index (Phi) is 4.75. The van der Waals surface area contributed by atoms with Crippen LogP contribution in [0.5, 0.6) is 0 Å². The monoisotopic (exact) mass is 367 g/mol. The van der Waals surface area contributed by atoms with Crippen molar-refractivity contribution < 1.29 is 9.21 Å². The summed E-state index contributed by atoms with van der Waals surface area (Å²) < 4.78 is 5.14. The van der Waals surface area contributed by atoms with Crippen molar-refractivity contribution in [1.29, 1.82) is 0 Å². The number of nitrogens with two attached hydrogens (primary N) is 1. The predicted octanol–water partition coefficient (Wildman–Crippen LogP) is 4.40. The average molecular weight is 367 g/mol. The molecule has 0 unspecified atom stereocenters. The molecule has 0 bridgehead atoms. The fourth-order valence-electron chi connectivity index (χ4n) is 3.28. The van der Waals surface area contributed by atoms with Gasteiger partial charge in [0.25, 0.3) is 0 Å². The molecule has 0 atom stereocenters. The van der Waals surface area contributed by atoms with E-state index in [9.17, 15) is 4.79 Å². The quantitative estimate of drug-likeness (QED) is 0.534. The number of thiazole rings is 1. The van der Waals surface area contributed by atoms with Gasteiger partial charge in [-0.3, -0.25) is 4.79 Å². The topological polar surface area (TPSA) is 72.4 Å². The van der Waals surface area contributed by atoms with Crippen molar-refractivity contribution in [3.8, 4) is 11.1 Å². The molecule has 26 heavy (non-hydrogen) atoms. The summed E-state index contributed by atoms with van der Waals surface area (Å²) in [6.45, 7) is 2.05. The maximum absolute atomic E-state index is 12.7. The molecule has 134 valence electrons. The van der Waals surface area contributed by atoms with E-state index >= 15 is 0 Å². The first-order valence-electron chi connectivity index (χ1n) is 8.85. The van der Waals surface area contributed by atoms with Gasteiger partial charge >= 0.3 is 0 Å². The maximum Gasteiger partial charge on any atom is 0.195 e. The number of hydrogen-bond donors (Lipinski definition) is 1. The van der Waals surface area contributed by atoms with Crippen molar-refractivity contribution in [3.63, 3.8) is 0 Å². The first-order chi connectivity index (χ1) is 12.7. The molecule has 5 nitrogen and oxygen atoms in total. The molecule has 0 amide bonds. The number of carbonyl (C=O) groups is 1. The first-order valence-corrected chi connectivity index (χ1v) is 9.73. The van der Waals surface area contributed by atoms with Crippen molar-refractivity contribution in [1.82, 2.24) is 4.98 Å². The third kappa shape index (κ3) is 3.51. The highest BCUT2D eigenvalue weighted by molar-refractivity contribution is 7.12. The van der Waals surface area contributed by atoms with Gasteiger partial charge < -0.3 is 15.1 Å². The Hall–Kier alpha value is -2.60. The third-order valence-corrected chi connectivity index (χ3v) is 5.63. The first kappa shape index (κ1) is 16.8. The van der Waals surface area contributed by atoms with Crippen LogP contribution in [0.25, 0.3) is 11.1 Å². The summed E-state index contributed by atoms with van der Waals surface area (Å²) in [6, 6.07) is 7.62. The Labute approximate surface area is 156 Å². The highest BCUT2D eigenvalue weighted by Crippen LogP contribution is 2.27. The van der Waals surface area contributed by atoms with E-state index in [0.29, 0.717) is 10.7 Å². The summed E-state index contributed by atoms with van der Waals surface area (Å²) in [7, 11) is 0. The van der Waals surface area contributed by atoms with Gasteiger partial charge in [0.2, 0.25) is 0 Å². The SMILES string of the molecule is Nc1ccc(-c2ccoc2)cc1CC(=O)c1nc(N2CCCCC2)cs1. The number of carbonyl (C=O) groups excluding carboxylic acids is 1. The maximum atomic E-state index is 12.7. The van der Waals surface area contributed by atoms with Gasteiger partial charge in [-0.2, -0.15) is 0 Å². The van der Waals surface area contributed by atoms with E-state index in [2.05, 4.69) is 9.88 Å². The van der Waals surface area contributed by atoms with E-state index in [0.717, 1.165) is 35.6 Å². The number of hydrogen-bond acceptors (Lipinski definition) is 6. The van der Waals surface area contributed by atoms with Crippen molar-refractivity contribution in [2.45, 2.75) is 25.7 Å². The number of ketones is 1. The van der Waals surface area contributed by atoms with Crippen LogP contribution in [0.1, 0.15) is 34.6 Å². The fraction of sp³-hybridized carbons (Fsp3) is 0.300. The van der Waals surface area contributed by atoms with Gasteiger partial charge in [-0.05, 0) is 48.6 Å².